The molecule has 0 bridgehead atoms. The normalized spacial score (nSPS) is 21.6. The van der Waals surface area contributed by atoms with E-state index in [9.17, 15) is 43.2 Å². The highest BCUT2D eigenvalue weighted by Gasteiger charge is 2.37. The smallest absolute Gasteiger partial charge is 0.243 e. The zero-order valence-corrected chi connectivity index (χ0v) is 42.5. The minimum absolute atomic E-state index is 0.0352. The number of aromatic amines is 2. The maximum absolute atomic E-state index is 14.8. The number of nitrogens with one attached hydrogen (secondary N) is 10. The Kier molecular flexibility index (Phi) is 22.1. The standard InChI is InChI=1S/C51H71N15O9/c1-4-5-17-37(60-30(3)67)45(70)65-41-25-42(68)56-21-12-11-19-36(44(52)69)61-50(75)43(29(2)34-27-58-35-18-10-9-16-33(34)35)66-46(71)38(20-13-22-57-51(53)54)62-47(72)39(23-31-14-7-6-8-15-31)63-48(73)40(64-49(41)74)24-32-26-55-28-59-32/h6-10,14-16,18,26-29,36-41,43,58H,4-5,11-13,17,19-25H2,1-3H3,(H2,52,69)(H,55,59)(H,56,68)(H,60,67)(H,61,75)(H,62,72)(H,63,73)(H,64,74)(H,65,70)(H,66,71)(H4,53,54,57)/t29-,36-,37-,38+,39+,40+,41+,43-/m0/s1. The monoisotopic (exact) mass is 1040 g/mol. The van der Waals surface area contributed by atoms with Crippen molar-refractivity contribution in [3.05, 3.63) is 90.1 Å². The Bertz CT molecular complexity index is 2620. The summed E-state index contributed by atoms with van der Waals surface area (Å²) in [5, 5.41) is 22.5. The van der Waals surface area contributed by atoms with Crippen molar-refractivity contribution >= 4 is 70.0 Å². The quantitative estimate of drug-likeness (QED) is 0.0355. The number of imidazole rings is 1. The second-order valence-electron chi connectivity index (χ2n) is 18.6. The number of nitrogens with two attached hydrogens (primary N) is 3. The fourth-order valence-electron chi connectivity index (χ4n) is 8.71. The first-order valence-electron chi connectivity index (χ1n) is 25.2. The summed E-state index contributed by atoms with van der Waals surface area (Å²) >= 11 is 0. The van der Waals surface area contributed by atoms with Crippen molar-refractivity contribution in [3.63, 3.8) is 0 Å². The second kappa shape index (κ2) is 28.8. The number of carbonyl (C=O) groups is 9. The molecule has 0 unspecified atom stereocenters. The minimum atomic E-state index is -1.58. The number of amides is 9. The Balaban J connectivity index is 1.57. The van der Waals surface area contributed by atoms with Gasteiger partial charge in [0.15, 0.2) is 5.96 Å². The van der Waals surface area contributed by atoms with E-state index in [1.807, 2.05) is 31.2 Å². The van der Waals surface area contributed by atoms with Crippen LogP contribution in [-0.2, 0) is 56.0 Å². The molecule has 24 nitrogen and oxygen atoms in total. The van der Waals surface area contributed by atoms with Crippen LogP contribution in [0.25, 0.3) is 10.9 Å². The average Bonchev–Trinajstić information content (AvgIpc) is 4.06. The molecule has 404 valence electrons. The van der Waals surface area contributed by atoms with Crippen LogP contribution in [0.5, 0.6) is 0 Å². The van der Waals surface area contributed by atoms with Crippen molar-refractivity contribution in [2.75, 3.05) is 13.1 Å². The molecule has 2 aromatic carbocycles. The van der Waals surface area contributed by atoms with E-state index >= 15 is 0 Å². The molecule has 0 radical (unpaired) electrons. The van der Waals surface area contributed by atoms with Crippen molar-refractivity contribution in [1.29, 1.82) is 0 Å². The number of hydrogen-bond acceptors (Lipinski definition) is 11. The fourth-order valence-corrected chi connectivity index (χ4v) is 8.71. The molecule has 1 aliphatic heterocycles. The first-order chi connectivity index (χ1) is 35.9. The van der Waals surface area contributed by atoms with Crippen LogP contribution in [0, 0.1) is 0 Å². The molecule has 2 aromatic heterocycles. The lowest BCUT2D eigenvalue weighted by Crippen LogP contribution is -2.61. The number of unbranched alkanes of at least 4 members (excludes halogenated alkanes) is 1. The fraction of sp³-hybridized carbons (Fsp3) is 0.471. The Labute approximate surface area is 434 Å². The molecule has 3 heterocycles. The SMILES string of the molecule is CCCC[C@H](NC(C)=O)C(=O)N[C@@H]1CC(=O)NCCCC[C@@H](C(N)=O)NC(=O)[C@H]([C@@H](C)c2c[nH]c3ccccc23)NC(=O)[C@@H](CCCN=C(N)N)NC(=O)[C@@H](Cc2ccccc2)NC(=O)[C@@H](Cc2cnc[nH]2)NC1=O. The van der Waals surface area contributed by atoms with Crippen LogP contribution in [0.2, 0.25) is 0 Å². The first-order valence-corrected chi connectivity index (χ1v) is 25.2. The summed E-state index contributed by atoms with van der Waals surface area (Å²) in [7, 11) is 0. The molecule has 9 amide bonds. The topological polar surface area (TPSA) is 385 Å². The molecule has 8 atom stereocenters. The van der Waals surface area contributed by atoms with Gasteiger partial charge < -0.3 is 69.7 Å². The summed E-state index contributed by atoms with van der Waals surface area (Å²) in [5.74, 6) is -7.85. The van der Waals surface area contributed by atoms with Crippen LogP contribution in [0.3, 0.4) is 0 Å². The predicted octanol–water partition coefficient (Wildman–Crippen LogP) is -0.687. The van der Waals surface area contributed by atoms with Gasteiger partial charge in [0.05, 0.1) is 12.7 Å². The van der Waals surface area contributed by atoms with E-state index in [1.54, 1.807) is 43.5 Å². The van der Waals surface area contributed by atoms with E-state index in [1.165, 1.54) is 19.4 Å². The summed E-state index contributed by atoms with van der Waals surface area (Å²) in [5.41, 5.74) is 19.5. The summed E-state index contributed by atoms with van der Waals surface area (Å²) in [6.07, 6.45) is 5.77. The van der Waals surface area contributed by atoms with Gasteiger partial charge in [-0.15, -0.1) is 0 Å². The number of H-pyrrole nitrogens is 2. The van der Waals surface area contributed by atoms with Crippen molar-refractivity contribution in [2.45, 2.75) is 140 Å². The molecular formula is C51H71N15O9. The number of carbonyl (C=O) groups excluding carboxylic acids is 9. The van der Waals surface area contributed by atoms with Gasteiger partial charge in [-0.2, -0.15) is 0 Å². The van der Waals surface area contributed by atoms with E-state index < -0.39 is 108 Å². The van der Waals surface area contributed by atoms with E-state index in [2.05, 4.69) is 62.5 Å². The maximum atomic E-state index is 14.8. The van der Waals surface area contributed by atoms with Crippen LogP contribution >= 0.6 is 0 Å². The predicted molar refractivity (Wildman–Crippen MR) is 278 cm³/mol. The lowest BCUT2D eigenvalue weighted by atomic mass is 9.91. The third kappa shape index (κ3) is 18.0. The molecule has 1 saturated heterocycles. The van der Waals surface area contributed by atoms with E-state index in [-0.39, 0.29) is 70.4 Å². The molecule has 75 heavy (non-hydrogen) atoms. The third-order valence-corrected chi connectivity index (χ3v) is 12.8. The number of benzene rings is 2. The third-order valence-electron chi connectivity index (χ3n) is 12.8. The molecule has 4 aromatic rings. The second-order valence-corrected chi connectivity index (χ2v) is 18.6. The van der Waals surface area contributed by atoms with E-state index in [4.69, 9.17) is 17.2 Å². The van der Waals surface area contributed by atoms with Gasteiger partial charge in [-0.1, -0.05) is 75.2 Å². The number of primary amides is 1. The van der Waals surface area contributed by atoms with Crippen molar-refractivity contribution < 1.29 is 43.2 Å². The molecule has 0 spiro atoms. The largest absolute Gasteiger partial charge is 0.370 e. The number of fused-ring (bicyclic) bond motifs is 1. The minimum Gasteiger partial charge on any atom is -0.370 e. The number of aliphatic imine (C=N–C) groups is 1. The molecule has 1 aliphatic rings. The van der Waals surface area contributed by atoms with Gasteiger partial charge in [0.1, 0.15) is 42.3 Å². The number of guanidine groups is 1. The van der Waals surface area contributed by atoms with Crippen LogP contribution in [0.1, 0.15) is 101 Å². The Morgan fingerprint density at radius 3 is 2.15 bits per heavy atom. The van der Waals surface area contributed by atoms with Gasteiger partial charge in [-0.3, -0.25) is 48.1 Å². The van der Waals surface area contributed by atoms with Crippen LogP contribution < -0.4 is 59.7 Å². The van der Waals surface area contributed by atoms with Gasteiger partial charge >= 0.3 is 0 Å². The average molecular weight is 1040 g/mol. The molecule has 0 saturated carbocycles. The number of hydrogen-bond donors (Lipinski definition) is 13. The van der Waals surface area contributed by atoms with Crippen molar-refractivity contribution in [2.24, 2.45) is 22.2 Å². The van der Waals surface area contributed by atoms with Crippen molar-refractivity contribution in [3.8, 4) is 0 Å². The molecule has 0 aliphatic carbocycles. The van der Waals surface area contributed by atoms with Gasteiger partial charge in [0.25, 0.3) is 0 Å². The lowest BCUT2D eigenvalue weighted by molar-refractivity contribution is -0.136. The van der Waals surface area contributed by atoms with Gasteiger partial charge in [0, 0.05) is 67.8 Å². The first kappa shape index (κ1) is 57.6. The highest BCUT2D eigenvalue weighted by atomic mass is 16.2. The summed E-state index contributed by atoms with van der Waals surface area (Å²) < 4.78 is 0. The molecule has 1 fully saturated rings. The molecule has 5 rings (SSSR count). The van der Waals surface area contributed by atoms with Gasteiger partial charge in [-0.05, 0) is 55.7 Å². The van der Waals surface area contributed by atoms with Crippen LogP contribution in [0.4, 0.5) is 0 Å². The van der Waals surface area contributed by atoms with Crippen molar-refractivity contribution in [1.82, 2.24) is 57.5 Å². The number of aromatic nitrogens is 3. The number of para-hydroxylation sites is 1. The molecular weight excluding hydrogens is 967 g/mol. The molecule has 16 N–H and O–H groups in total. The molecule has 24 heteroatoms. The van der Waals surface area contributed by atoms with E-state index in [0.717, 1.165) is 10.9 Å². The highest BCUT2D eigenvalue weighted by molar-refractivity contribution is 5.99. The Hall–Kier alpha value is -8.31. The summed E-state index contributed by atoms with van der Waals surface area (Å²) in [6.45, 7) is 4.98. The van der Waals surface area contributed by atoms with Gasteiger partial charge in [0.2, 0.25) is 53.2 Å². The zero-order valence-electron chi connectivity index (χ0n) is 42.5. The van der Waals surface area contributed by atoms with Gasteiger partial charge in [-0.25, -0.2) is 4.98 Å². The number of rotatable bonds is 17. The highest BCUT2D eigenvalue weighted by Crippen LogP contribution is 2.28. The Morgan fingerprint density at radius 2 is 1.47 bits per heavy atom. The van der Waals surface area contributed by atoms with E-state index in [0.29, 0.717) is 29.7 Å². The Morgan fingerprint density at radius 1 is 0.787 bits per heavy atom. The lowest BCUT2D eigenvalue weighted by Gasteiger charge is -2.29. The maximum Gasteiger partial charge on any atom is 0.243 e. The number of nitrogens with zero attached hydrogens (tertiary/aromatic N) is 2. The summed E-state index contributed by atoms with van der Waals surface area (Å²) in [6, 6.07) is 6.64. The zero-order chi connectivity index (χ0) is 54.4. The van der Waals surface area contributed by atoms with Crippen LogP contribution in [0.15, 0.2) is 78.3 Å². The van der Waals surface area contributed by atoms with Crippen LogP contribution in [-0.4, -0.2) is 129 Å². The summed E-state index contributed by atoms with van der Waals surface area (Å²) in [4.78, 5) is 140.